The summed E-state index contributed by atoms with van der Waals surface area (Å²) in [6, 6.07) is 12.8. The SMILES string of the molecule is CC1(C)NC(=O)N2Cc3ccc4ccccc4c3SC21. The number of fused-ring (bicyclic) bond motifs is 4. The summed E-state index contributed by atoms with van der Waals surface area (Å²) in [5.74, 6) is 0. The van der Waals surface area contributed by atoms with E-state index in [0.717, 1.165) is 0 Å². The molecule has 2 aliphatic rings. The van der Waals surface area contributed by atoms with Crippen LogP contribution >= 0.6 is 11.8 Å². The predicted octanol–water partition coefficient (Wildman–Crippen LogP) is 3.58. The summed E-state index contributed by atoms with van der Waals surface area (Å²) in [6.07, 6.45) is 0. The number of amides is 2. The highest BCUT2D eigenvalue weighted by Crippen LogP contribution is 2.45. The summed E-state index contributed by atoms with van der Waals surface area (Å²) in [7, 11) is 0. The first-order chi connectivity index (χ1) is 9.56. The number of carbonyl (C=O) groups excluding carboxylic acids is 1. The molecular weight excluding hydrogens is 268 g/mol. The van der Waals surface area contributed by atoms with Crippen LogP contribution < -0.4 is 5.32 Å². The van der Waals surface area contributed by atoms with Gasteiger partial charge in [-0.1, -0.05) is 48.2 Å². The zero-order chi connectivity index (χ0) is 13.9. The highest BCUT2D eigenvalue weighted by Gasteiger charge is 2.48. The summed E-state index contributed by atoms with van der Waals surface area (Å²) in [5.41, 5.74) is 1.05. The molecule has 1 saturated heterocycles. The maximum absolute atomic E-state index is 12.1. The van der Waals surface area contributed by atoms with Crippen LogP contribution in [0.2, 0.25) is 0 Å². The molecule has 2 aromatic rings. The molecule has 0 radical (unpaired) electrons. The summed E-state index contributed by atoms with van der Waals surface area (Å²) < 4.78 is 0. The van der Waals surface area contributed by atoms with Gasteiger partial charge < -0.3 is 10.2 Å². The van der Waals surface area contributed by atoms with Gasteiger partial charge in [0.25, 0.3) is 0 Å². The summed E-state index contributed by atoms with van der Waals surface area (Å²) in [4.78, 5) is 15.4. The minimum Gasteiger partial charge on any atom is -0.330 e. The third-order valence-electron chi connectivity index (χ3n) is 4.12. The lowest BCUT2D eigenvalue weighted by molar-refractivity contribution is 0.210. The minimum atomic E-state index is -0.198. The Balaban J connectivity index is 1.89. The summed E-state index contributed by atoms with van der Waals surface area (Å²) in [6.45, 7) is 4.89. The van der Waals surface area contributed by atoms with Gasteiger partial charge in [-0.15, -0.1) is 0 Å². The highest BCUT2D eigenvalue weighted by atomic mass is 32.2. The van der Waals surface area contributed by atoms with E-state index >= 15 is 0 Å². The van der Waals surface area contributed by atoms with Crippen molar-refractivity contribution in [2.24, 2.45) is 0 Å². The minimum absolute atomic E-state index is 0.0475. The lowest BCUT2D eigenvalue weighted by atomic mass is 10.0. The Morgan fingerprint density at radius 3 is 2.90 bits per heavy atom. The predicted molar refractivity (Wildman–Crippen MR) is 81.7 cm³/mol. The molecule has 0 aromatic heterocycles. The molecule has 0 aliphatic carbocycles. The van der Waals surface area contributed by atoms with Crippen molar-refractivity contribution in [2.45, 2.75) is 36.2 Å². The molecule has 3 nitrogen and oxygen atoms in total. The number of rotatable bonds is 0. The van der Waals surface area contributed by atoms with E-state index in [9.17, 15) is 4.79 Å². The van der Waals surface area contributed by atoms with Crippen LogP contribution in [0.5, 0.6) is 0 Å². The number of nitrogens with one attached hydrogen (secondary N) is 1. The zero-order valence-electron chi connectivity index (χ0n) is 11.5. The normalized spacial score (nSPS) is 23.4. The standard InChI is InChI=1S/C16H16N2OS/c1-16(2)14-18(15(19)17-16)9-11-8-7-10-5-3-4-6-12(10)13(11)20-14/h3-8,14H,9H2,1-2H3,(H,17,19). The second kappa shape index (κ2) is 3.92. The van der Waals surface area contributed by atoms with Gasteiger partial charge >= 0.3 is 6.03 Å². The largest absolute Gasteiger partial charge is 0.330 e. The first-order valence-electron chi connectivity index (χ1n) is 6.82. The summed E-state index contributed by atoms with van der Waals surface area (Å²) in [5, 5.41) is 5.81. The molecule has 4 rings (SSSR count). The van der Waals surface area contributed by atoms with Crippen LogP contribution in [-0.2, 0) is 6.54 Å². The van der Waals surface area contributed by atoms with E-state index in [4.69, 9.17) is 0 Å². The van der Waals surface area contributed by atoms with Crippen molar-refractivity contribution in [1.29, 1.82) is 0 Å². The van der Waals surface area contributed by atoms with Gasteiger partial charge in [-0.25, -0.2) is 4.79 Å². The van der Waals surface area contributed by atoms with E-state index < -0.39 is 0 Å². The first kappa shape index (κ1) is 12.1. The fourth-order valence-corrected chi connectivity index (χ4v) is 4.59. The maximum Gasteiger partial charge on any atom is 0.319 e. The van der Waals surface area contributed by atoms with Crippen LogP contribution in [0.1, 0.15) is 19.4 Å². The van der Waals surface area contributed by atoms with Gasteiger partial charge in [-0.05, 0) is 30.2 Å². The van der Waals surface area contributed by atoms with E-state index in [1.165, 1.54) is 21.2 Å². The van der Waals surface area contributed by atoms with Crippen molar-refractivity contribution in [3.05, 3.63) is 42.0 Å². The smallest absolute Gasteiger partial charge is 0.319 e. The third-order valence-corrected chi connectivity index (χ3v) is 5.91. The Labute approximate surface area is 122 Å². The second-order valence-electron chi connectivity index (χ2n) is 6.02. The Hall–Kier alpha value is -1.68. The van der Waals surface area contributed by atoms with Crippen LogP contribution in [0, 0.1) is 0 Å². The van der Waals surface area contributed by atoms with Crippen molar-refractivity contribution in [3.63, 3.8) is 0 Å². The monoisotopic (exact) mass is 284 g/mol. The molecule has 1 unspecified atom stereocenters. The van der Waals surface area contributed by atoms with E-state index in [2.05, 4.69) is 55.6 Å². The quantitative estimate of drug-likeness (QED) is 0.802. The topological polar surface area (TPSA) is 32.3 Å². The Morgan fingerprint density at radius 2 is 2.05 bits per heavy atom. The molecule has 2 aromatic carbocycles. The van der Waals surface area contributed by atoms with Gasteiger partial charge in [0.1, 0.15) is 5.37 Å². The van der Waals surface area contributed by atoms with Gasteiger partial charge in [0, 0.05) is 11.4 Å². The van der Waals surface area contributed by atoms with Crippen molar-refractivity contribution in [1.82, 2.24) is 10.2 Å². The van der Waals surface area contributed by atoms with Crippen LogP contribution in [0.25, 0.3) is 10.8 Å². The molecule has 102 valence electrons. The Kier molecular flexibility index (Phi) is 2.37. The molecule has 1 atom stereocenters. The number of nitrogens with zero attached hydrogens (tertiary/aromatic N) is 1. The van der Waals surface area contributed by atoms with Gasteiger partial charge in [0.2, 0.25) is 0 Å². The molecule has 20 heavy (non-hydrogen) atoms. The fraction of sp³-hybridized carbons (Fsp3) is 0.312. The van der Waals surface area contributed by atoms with E-state index in [1.54, 1.807) is 0 Å². The number of hydrogen-bond donors (Lipinski definition) is 1. The Morgan fingerprint density at radius 1 is 1.25 bits per heavy atom. The molecule has 1 fully saturated rings. The van der Waals surface area contributed by atoms with Crippen LogP contribution in [0.15, 0.2) is 41.3 Å². The number of hydrogen-bond acceptors (Lipinski definition) is 2. The van der Waals surface area contributed by atoms with Crippen molar-refractivity contribution < 1.29 is 4.79 Å². The number of carbonyl (C=O) groups is 1. The zero-order valence-corrected chi connectivity index (χ0v) is 12.3. The Bertz CT molecular complexity index is 725. The van der Waals surface area contributed by atoms with Crippen molar-refractivity contribution in [3.8, 4) is 0 Å². The molecule has 1 N–H and O–H groups in total. The van der Waals surface area contributed by atoms with Crippen LogP contribution in [0.4, 0.5) is 4.79 Å². The third kappa shape index (κ3) is 1.57. The van der Waals surface area contributed by atoms with Gasteiger partial charge in [0.05, 0.1) is 5.54 Å². The molecule has 2 amide bonds. The number of urea groups is 1. The van der Waals surface area contributed by atoms with Crippen molar-refractivity contribution in [2.75, 3.05) is 0 Å². The molecule has 4 heteroatoms. The average Bonchev–Trinajstić information content (AvgIpc) is 2.66. The first-order valence-corrected chi connectivity index (χ1v) is 7.70. The number of benzene rings is 2. The second-order valence-corrected chi connectivity index (χ2v) is 7.12. The lowest BCUT2D eigenvalue weighted by Crippen LogP contribution is -2.43. The van der Waals surface area contributed by atoms with Crippen LogP contribution in [0.3, 0.4) is 0 Å². The molecule has 0 saturated carbocycles. The van der Waals surface area contributed by atoms with E-state index in [0.29, 0.717) is 6.54 Å². The average molecular weight is 284 g/mol. The van der Waals surface area contributed by atoms with Gasteiger partial charge in [-0.2, -0.15) is 0 Å². The molecule has 0 bridgehead atoms. The van der Waals surface area contributed by atoms with Crippen molar-refractivity contribution >= 4 is 28.6 Å². The highest BCUT2D eigenvalue weighted by molar-refractivity contribution is 8.00. The van der Waals surface area contributed by atoms with E-state index in [-0.39, 0.29) is 16.9 Å². The fourth-order valence-electron chi connectivity index (χ4n) is 3.12. The van der Waals surface area contributed by atoms with Crippen LogP contribution in [-0.4, -0.2) is 21.8 Å². The molecule has 2 aliphatic heterocycles. The summed E-state index contributed by atoms with van der Waals surface area (Å²) >= 11 is 1.81. The molecular formula is C16H16N2OS. The molecule has 0 spiro atoms. The maximum atomic E-state index is 12.1. The lowest BCUT2D eigenvalue weighted by Gasteiger charge is -2.35. The van der Waals surface area contributed by atoms with E-state index in [1.807, 2.05) is 16.7 Å². The van der Waals surface area contributed by atoms with Gasteiger partial charge in [0.15, 0.2) is 0 Å². The number of thioether (sulfide) groups is 1. The molecule has 2 heterocycles. The van der Waals surface area contributed by atoms with Gasteiger partial charge in [-0.3, -0.25) is 0 Å².